The Morgan fingerprint density at radius 1 is 1.00 bits per heavy atom. The lowest BCUT2D eigenvalue weighted by molar-refractivity contribution is -0.133. The second-order valence-electron chi connectivity index (χ2n) is 8.58. The van der Waals surface area contributed by atoms with Crippen molar-refractivity contribution in [2.24, 2.45) is 11.8 Å². The molecule has 28 heavy (non-hydrogen) atoms. The predicted octanol–water partition coefficient (Wildman–Crippen LogP) is 3.98. The Balaban J connectivity index is 1.52. The summed E-state index contributed by atoms with van der Waals surface area (Å²) in [7, 11) is 0. The molecule has 2 fully saturated rings. The second-order valence-corrected chi connectivity index (χ2v) is 8.58. The van der Waals surface area contributed by atoms with Gasteiger partial charge in [-0.05, 0) is 56.1 Å². The SMILES string of the molecule is CC(C)CC(=O)N1CCC(COc2ccccc2C(=O)N2CCCCC2)CC1. The van der Waals surface area contributed by atoms with Crippen LogP contribution in [-0.2, 0) is 4.79 Å². The van der Waals surface area contributed by atoms with Gasteiger partial charge in [-0.2, -0.15) is 0 Å². The lowest BCUT2D eigenvalue weighted by Gasteiger charge is -2.32. The first-order valence-electron chi connectivity index (χ1n) is 10.8. The molecule has 0 N–H and O–H groups in total. The number of benzene rings is 1. The van der Waals surface area contributed by atoms with Crippen LogP contribution in [0.3, 0.4) is 0 Å². The third kappa shape index (κ3) is 5.49. The fourth-order valence-electron chi connectivity index (χ4n) is 4.07. The average molecular weight is 387 g/mol. The summed E-state index contributed by atoms with van der Waals surface area (Å²) >= 11 is 0. The summed E-state index contributed by atoms with van der Waals surface area (Å²) in [6.07, 6.45) is 5.94. The molecule has 5 nitrogen and oxygen atoms in total. The summed E-state index contributed by atoms with van der Waals surface area (Å²) in [6.45, 7) is 8.09. The van der Waals surface area contributed by atoms with Crippen molar-refractivity contribution >= 4 is 11.8 Å². The molecule has 2 saturated heterocycles. The van der Waals surface area contributed by atoms with Gasteiger partial charge in [-0.1, -0.05) is 26.0 Å². The third-order valence-corrected chi connectivity index (χ3v) is 5.79. The van der Waals surface area contributed by atoms with Gasteiger partial charge in [-0.15, -0.1) is 0 Å². The maximum absolute atomic E-state index is 12.9. The van der Waals surface area contributed by atoms with E-state index in [2.05, 4.69) is 13.8 Å². The second kappa shape index (κ2) is 9.94. The van der Waals surface area contributed by atoms with Crippen LogP contribution in [0.15, 0.2) is 24.3 Å². The van der Waals surface area contributed by atoms with Crippen LogP contribution >= 0.6 is 0 Å². The van der Waals surface area contributed by atoms with E-state index in [1.165, 1.54) is 6.42 Å². The molecule has 1 aromatic carbocycles. The molecule has 0 unspecified atom stereocenters. The zero-order valence-corrected chi connectivity index (χ0v) is 17.4. The highest BCUT2D eigenvalue weighted by Gasteiger charge is 2.25. The first kappa shape index (κ1) is 20.7. The number of carbonyl (C=O) groups excluding carboxylic acids is 2. The minimum absolute atomic E-state index is 0.0874. The topological polar surface area (TPSA) is 49.9 Å². The van der Waals surface area contributed by atoms with E-state index in [1.54, 1.807) is 0 Å². The monoisotopic (exact) mass is 386 g/mol. The molecule has 2 aliphatic heterocycles. The molecule has 0 radical (unpaired) electrons. The van der Waals surface area contributed by atoms with E-state index >= 15 is 0 Å². The first-order valence-corrected chi connectivity index (χ1v) is 10.8. The van der Waals surface area contributed by atoms with Gasteiger partial charge in [-0.25, -0.2) is 0 Å². The number of hydrogen-bond acceptors (Lipinski definition) is 3. The molecule has 0 atom stereocenters. The Labute approximate surface area is 169 Å². The van der Waals surface area contributed by atoms with Crippen molar-refractivity contribution in [3.8, 4) is 5.75 Å². The van der Waals surface area contributed by atoms with Crippen LogP contribution in [0.25, 0.3) is 0 Å². The van der Waals surface area contributed by atoms with Gasteiger partial charge in [-0.3, -0.25) is 9.59 Å². The van der Waals surface area contributed by atoms with Crippen LogP contribution < -0.4 is 4.74 Å². The van der Waals surface area contributed by atoms with Crippen molar-refractivity contribution in [3.63, 3.8) is 0 Å². The van der Waals surface area contributed by atoms with Crippen molar-refractivity contribution in [2.75, 3.05) is 32.8 Å². The third-order valence-electron chi connectivity index (χ3n) is 5.79. The smallest absolute Gasteiger partial charge is 0.257 e. The molecule has 0 aliphatic carbocycles. The summed E-state index contributed by atoms with van der Waals surface area (Å²) in [5, 5.41) is 0. The van der Waals surface area contributed by atoms with E-state index in [-0.39, 0.29) is 11.8 Å². The Kier molecular flexibility index (Phi) is 7.35. The Bertz CT molecular complexity index is 660. The number of hydrogen-bond donors (Lipinski definition) is 0. The number of piperidine rings is 2. The number of amides is 2. The highest BCUT2D eigenvalue weighted by atomic mass is 16.5. The number of carbonyl (C=O) groups is 2. The molecule has 0 bridgehead atoms. The molecule has 2 heterocycles. The predicted molar refractivity (Wildman–Crippen MR) is 110 cm³/mol. The van der Waals surface area contributed by atoms with Crippen LogP contribution in [-0.4, -0.2) is 54.4 Å². The van der Waals surface area contributed by atoms with Gasteiger partial charge in [0.25, 0.3) is 5.91 Å². The number of para-hydroxylation sites is 1. The van der Waals surface area contributed by atoms with Crippen molar-refractivity contribution in [1.29, 1.82) is 0 Å². The van der Waals surface area contributed by atoms with Crippen LogP contribution in [0.4, 0.5) is 0 Å². The maximum Gasteiger partial charge on any atom is 0.257 e. The van der Waals surface area contributed by atoms with E-state index in [0.717, 1.165) is 51.9 Å². The summed E-state index contributed by atoms with van der Waals surface area (Å²) < 4.78 is 6.10. The highest BCUT2D eigenvalue weighted by Crippen LogP contribution is 2.25. The zero-order valence-electron chi connectivity index (χ0n) is 17.4. The van der Waals surface area contributed by atoms with Gasteiger partial charge in [0.15, 0.2) is 0 Å². The van der Waals surface area contributed by atoms with Crippen molar-refractivity contribution in [2.45, 2.75) is 52.4 Å². The summed E-state index contributed by atoms with van der Waals surface area (Å²) in [4.78, 5) is 29.0. The average Bonchev–Trinajstić information content (AvgIpc) is 2.72. The van der Waals surface area contributed by atoms with Gasteiger partial charge in [0.1, 0.15) is 5.75 Å². The van der Waals surface area contributed by atoms with Crippen LogP contribution in [0.5, 0.6) is 5.75 Å². The Morgan fingerprint density at radius 2 is 1.68 bits per heavy atom. The van der Waals surface area contributed by atoms with Gasteiger partial charge < -0.3 is 14.5 Å². The fraction of sp³-hybridized carbons (Fsp3) is 0.652. The molecule has 3 rings (SSSR count). The summed E-state index contributed by atoms with van der Waals surface area (Å²) in [6, 6.07) is 7.61. The van der Waals surface area contributed by atoms with E-state index in [1.807, 2.05) is 34.1 Å². The summed E-state index contributed by atoms with van der Waals surface area (Å²) in [5.41, 5.74) is 0.675. The molecule has 5 heteroatoms. The molecule has 0 spiro atoms. The molecule has 0 saturated carbocycles. The highest BCUT2D eigenvalue weighted by molar-refractivity contribution is 5.97. The molecule has 2 aliphatic rings. The van der Waals surface area contributed by atoms with Gasteiger partial charge in [0.2, 0.25) is 5.91 Å². The molecule has 2 amide bonds. The maximum atomic E-state index is 12.9. The quantitative estimate of drug-likeness (QED) is 0.743. The van der Waals surface area contributed by atoms with E-state index in [0.29, 0.717) is 36.2 Å². The Morgan fingerprint density at radius 3 is 2.36 bits per heavy atom. The van der Waals surface area contributed by atoms with Crippen LogP contribution in [0.2, 0.25) is 0 Å². The number of likely N-dealkylation sites (tertiary alicyclic amines) is 2. The molecule has 0 aromatic heterocycles. The molecule has 154 valence electrons. The minimum atomic E-state index is 0.0874. The van der Waals surface area contributed by atoms with Crippen LogP contribution in [0.1, 0.15) is 62.7 Å². The van der Waals surface area contributed by atoms with Gasteiger partial charge in [0, 0.05) is 32.6 Å². The lowest BCUT2D eigenvalue weighted by Crippen LogP contribution is -2.40. The normalized spacial score (nSPS) is 18.4. The van der Waals surface area contributed by atoms with Crippen molar-refractivity contribution in [3.05, 3.63) is 29.8 Å². The largest absolute Gasteiger partial charge is 0.492 e. The summed E-state index contributed by atoms with van der Waals surface area (Å²) in [5.74, 6) is 1.89. The van der Waals surface area contributed by atoms with E-state index < -0.39 is 0 Å². The molecular weight excluding hydrogens is 352 g/mol. The number of ether oxygens (including phenoxy) is 1. The first-order chi connectivity index (χ1) is 13.5. The molecular formula is C23H34N2O3. The number of nitrogens with zero attached hydrogens (tertiary/aromatic N) is 2. The van der Waals surface area contributed by atoms with E-state index in [4.69, 9.17) is 4.74 Å². The number of rotatable bonds is 6. The van der Waals surface area contributed by atoms with E-state index in [9.17, 15) is 9.59 Å². The standard InChI is InChI=1S/C23H34N2O3/c1-18(2)16-22(26)24-14-10-19(11-15-24)17-28-21-9-5-4-8-20(21)23(27)25-12-6-3-7-13-25/h4-5,8-9,18-19H,3,6-7,10-17H2,1-2H3. The fourth-order valence-corrected chi connectivity index (χ4v) is 4.07. The van der Waals surface area contributed by atoms with Gasteiger partial charge >= 0.3 is 0 Å². The zero-order chi connectivity index (χ0) is 19.9. The van der Waals surface area contributed by atoms with Crippen LogP contribution in [0, 0.1) is 11.8 Å². The van der Waals surface area contributed by atoms with Gasteiger partial charge in [0.05, 0.1) is 12.2 Å². The Hall–Kier alpha value is -2.04. The molecule has 1 aromatic rings. The lowest BCUT2D eigenvalue weighted by atomic mass is 9.97. The van der Waals surface area contributed by atoms with Crippen molar-refractivity contribution < 1.29 is 14.3 Å². The van der Waals surface area contributed by atoms with Crippen molar-refractivity contribution in [1.82, 2.24) is 9.80 Å². The minimum Gasteiger partial charge on any atom is -0.492 e.